The molecule has 3 amide bonds. The number of rotatable bonds is 13. The summed E-state index contributed by atoms with van der Waals surface area (Å²) in [5.74, 6) is -0.540. The summed E-state index contributed by atoms with van der Waals surface area (Å²) < 4.78 is 5.50. The highest BCUT2D eigenvalue weighted by Gasteiger charge is 2.36. The Morgan fingerprint density at radius 3 is 2.13 bits per heavy atom. The van der Waals surface area contributed by atoms with E-state index in [0.717, 1.165) is 42.4 Å². The standard InChI is InChI=1S/C32H47N3O4/c1-8-10-21-35(28(26-19-17-23(3)18-20-26)29(36)33-24(4)14-9-2)30(37)27(22-25-15-12-11-13-16-25)34-31(38)39-32(5,6)7/h11-13,15-20,24,27-28H,8-10,14,21-22H2,1-7H3,(H,33,36)(H,34,38). The van der Waals surface area contributed by atoms with Gasteiger partial charge in [-0.3, -0.25) is 9.59 Å². The molecule has 2 aromatic rings. The van der Waals surface area contributed by atoms with Gasteiger partial charge in [-0.2, -0.15) is 0 Å². The van der Waals surface area contributed by atoms with E-state index in [0.29, 0.717) is 6.54 Å². The van der Waals surface area contributed by atoms with Crippen molar-refractivity contribution in [1.82, 2.24) is 15.5 Å². The maximum atomic E-state index is 14.3. The first-order valence-electron chi connectivity index (χ1n) is 14.2. The Hall–Kier alpha value is -3.35. The lowest BCUT2D eigenvalue weighted by atomic mass is 9.98. The third-order valence-corrected chi connectivity index (χ3v) is 6.37. The smallest absolute Gasteiger partial charge is 0.408 e. The third kappa shape index (κ3) is 10.7. The minimum Gasteiger partial charge on any atom is -0.444 e. The van der Waals surface area contributed by atoms with Crippen molar-refractivity contribution in [3.63, 3.8) is 0 Å². The van der Waals surface area contributed by atoms with Crippen LogP contribution in [0.3, 0.4) is 0 Å². The maximum Gasteiger partial charge on any atom is 0.408 e. The van der Waals surface area contributed by atoms with Gasteiger partial charge in [-0.25, -0.2) is 4.79 Å². The fraction of sp³-hybridized carbons (Fsp3) is 0.531. The largest absolute Gasteiger partial charge is 0.444 e. The first-order chi connectivity index (χ1) is 18.4. The molecule has 0 spiro atoms. The van der Waals surface area contributed by atoms with Gasteiger partial charge in [-0.05, 0) is 58.6 Å². The van der Waals surface area contributed by atoms with E-state index in [9.17, 15) is 14.4 Å². The molecule has 7 nitrogen and oxygen atoms in total. The second kappa shape index (κ2) is 15.3. The highest BCUT2D eigenvalue weighted by atomic mass is 16.6. The van der Waals surface area contributed by atoms with Crippen LogP contribution in [-0.4, -0.2) is 47.0 Å². The number of hydrogen-bond acceptors (Lipinski definition) is 4. The first-order valence-corrected chi connectivity index (χ1v) is 14.2. The molecule has 0 aliphatic carbocycles. The quantitative estimate of drug-likeness (QED) is 0.323. The lowest BCUT2D eigenvalue weighted by Crippen LogP contribution is -2.54. The van der Waals surface area contributed by atoms with Crippen molar-refractivity contribution in [2.24, 2.45) is 0 Å². The Morgan fingerprint density at radius 2 is 1.56 bits per heavy atom. The number of nitrogens with zero attached hydrogens (tertiary/aromatic N) is 1. The molecule has 0 heterocycles. The summed E-state index contributed by atoms with van der Waals surface area (Å²) >= 11 is 0. The maximum absolute atomic E-state index is 14.3. The van der Waals surface area contributed by atoms with Crippen molar-refractivity contribution in [3.8, 4) is 0 Å². The van der Waals surface area contributed by atoms with E-state index in [4.69, 9.17) is 4.74 Å². The lowest BCUT2D eigenvalue weighted by Gasteiger charge is -2.35. The van der Waals surface area contributed by atoms with Crippen LogP contribution in [-0.2, 0) is 20.7 Å². The van der Waals surface area contributed by atoms with E-state index in [1.807, 2.05) is 75.4 Å². The SMILES string of the molecule is CCCCN(C(=O)C(Cc1ccccc1)NC(=O)OC(C)(C)C)C(C(=O)NC(C)CCC)c1ccc(C)cc1. The second-order valence-electron chi connectivity index (χ2n) is 11.3. The van der Waals surface area contributed by atoms with Crippen LogP contribution in [0.1, 0.15) is 90.0 Å². The van der Waals surface area contributed by atoms with Gasteiger partial charge < -0.3 is 20.3 Å². The van der Waals surface area contributed by atoms with Crippen molar-refractivity contribution in [2.45, 2.75) is 104 Å². The molecule has 7 heteroatoms. The normalized spacial score (nSPS) is 13.6. The number of alkyl carbamates (subject to hydrolysis) is 1. The van der Waals surface area contributed by atoms with E-state index in [2.05, 4.69) is 17.6 Å². The average molecular weight is 538 g/mol. The Bertz CT molecular complexity index is 1050. The third-order valence-electron chi connectivity index (χ3n) is 6.37. The van der Waals surface area contributed by atoms with Crippen LogP contribution in [0.5, 0.6) is 0 Å². The zero-order valence-corrected chi connectivity index (χ0v) is 24.8. The highest BCUT2D eigenvalue weighted by molar-refractivity contribution is 5.92. The van der Waals surface area contributed by atoms with Gasteiger partial charge in [0.2, 0.25) is 11.8 Å². The zero-order chi connectivity index (χ0) is 29.0. The van der Waals surface area contributed by atoms with Gasteiger partial charge in [0, 0.05) is 19.0 Å². The van der Waals surface area contributed by atoms with Crippen molar-refractivity contribution < 1.29 is 19.1 Å². The van der Waals surface area contributed by atoms with Gasteiger partial charge in [-0.15, -0.1) is 0 Å². The average Bonchev–Trinajstić information content (AvgIpc) is 2.86. The first kappa shape index (κ1) is 31.9. The number of carbonyl (C=O) groups excluding carboxylic acids is 3. The number of ether oxygens (including phenoxy) is 1. The number of unbranched alkanes of at least 4 members (excludes halogenated alkanes) is 1. The van der Waals surface area contributed by atoms with E-state index in [1.165, 1.54) is 0 Å². The van der Waals surface area contributed by atoms with E-state index in [1.54, 1.807) is 25.7 Å². The van der Waals surface area contributed by atoms with Crippen LogP contribution < -0.4 is 10.6 Å². The van der Waals surface area contributed by atoms with E-state index >= 15 is 0 Å². The molecular weight excluding hydrogens is 490 g/mol. The summed E-state index contributed by atoms with van der Waals surface area (Å²) in [6.45, 7) is 13.8. The fourth-order valence-corrected chi connectivity index (χ4v) is 4.44. The van der Waals surface area contributed by atoms with Crippen LogP contribution in [0.4, 0.5) is 4.79 Å². The van der Waals surface area contributed by atoms with Crippen molar-refractivity contribution >= 4 is 17.9 Å². The second-order valence-corrected chi connectivity index (χ2v) is 11.3. The minimum absolute atomic E-state index is 0.0291. The van der Waals surface area contributed by atoms with Crippen molar-refractivity contribution in [2.75, 3.05) is 6.54 Å². The Morgan fingerprint density at radius 1 is 0.923 bits per heavy atom. The number of hydrogen-bond donors (Lipinski definition) is 2. The molecule has 0 aromatic heterocycles. The van der Waals surface area contributed by atoms with Gasteiger partial charge >= 0.3 is 6.09 Å². The zero-order valence-electron chi connectivity index (χ0n) is 24.8. The van der Waals surface area contributed by atoms with Crippen LogP contribution in [0.15, 0.2) is 54.6 Å². The lowest BCUT2D eigenvalue weighted by molar-refractivity contribution is -0.142. The van der Waals surface area contributed by atoms with Gasteiger partial charge in [0.15, 0.2) is 0 Å². The molecule has 0 aliphatic rings. The van der Waals surface area contributed by atoms with Gasteiger partial charge in [0.05, 0.1) is 0 Å². The van der Waals surface area contributed by atoms with Gasteiger partial charge in [-0.1, -0.05) is 86.8 Å². The molecule has 3 unspecified atom stereocenters. The number of benzene rings is 2. The number of aryl methyl sites for hydroxylation is 1. The predicted molar refractivity (Wildman–Crippen MR) is 156 cm³/mol. The predicted octanol–water partition coefficient (Wildman–Crippen LogP) is 6.11. The van der Waals surface area contributed by atoms with Crippen LogP contribution >= 0.6 is 0 Å². The number of nitrogens with one attached hydrogen (secondary N) is 2. The summed E-state index contributed by atoms with van der Waals surface area (Å²) in [5, 5.41) is 5.93. The Balaban J connectivity index is 2.52. The molecule has 0 fully saturated rings. The molecule has 2 N–H and O–H groups in total. The summed E-state index contributed by atoms with van der Waals surface area (Å²) in [6.07, 6.45) is 2.95. The number of amides is 3. The Kier molecular flexibility index (Phi) is 12.5. The molecule has 3 atom stereocenters. The van der Waals surface area contributed by atoms with Crippen molar-refractivity contribution in [3.05, 3.63) is 71.3 Å². The Labute approximate surface area is 234 Å². The minimum atomic E-state index is -0.909. The molecule has 2 aromatic carbocycles. The molecule has 0 saturated carbocycles. The summed E-state index contributed by atoms with van der Waals surface area (Å²) in [5.41, 5.74) is 1.99. The topological polar surface area (TPSA) is 87.7 Å². The van der Waals surface area contributed by atoms with Crippen molar-refractivity contribution in [1.29, 1.82) is 0 Å². The summed E-state index contributed by atoms with van der Waals surface area (Å²) in [7, 11) is 0. The molecule has 214 valence electrons. The van der Waals surface area contributed by atoms with Crippen LogP contribution in [0.2, 0.25) is 0 Å². The van der Waals surface area contributed by atoms with Gasteiger partial charge in [0.1, 0.15) is 17.7 Å². The fourth-order valence-electron chi connectivity index (χ4n) is 4.44. The summed E-state index contributed by atoms with van der Waals surface area (Å²) in [6, 6.07) is 15.5. The summed E-state index contributed by atoms with van der Waals surface area (Å²) in [4.78, 5) is 42.6. The highest BCUT2D eigenvalue weighted by Crippen LogP contribution is 2.25. The number of carbonyl (C=O) groups is 3. The molecule has 39 heavy (non-hydrogen) atoms. The van der Waals surface area contributed by atoms with Crippen LogP contribution in [0, 0.1) is 6.92 Å². The van der Waals surface area contributed by atoms with Gasteiger partial charge in [0.25, 0.3) is 0 Å². The van der Waals surface area contributed by atoms with E-state index in [-0.39, 0.29) is 24.3 Å². The van der Waals surface area contributed by atoms with Crippen LogP contribution in [0.25, 0.3) is 0 Å². The monoisotopic (exact) mass is 537 g/mol. The molecule has 0 radical (unpaired) electrons. The van der Waals surface area contributed by atoms with E-state index < -0.39 is 23.8 Å². The molecule has 0 bridgehead atoms. The molecule has 2 rings (SSSR count). The molecule has 0 aliphatic heterocycles. The molecular formula is C32H47N3O4. The molecule has 0 saturated heterocycles.